The first-order valence-corrected chi connectivity index (χ1v) is 10.9. The summed E-state index contributed by atoms with van der Waals surface area (Å²) in [5.41, 5.74) is 0.616. The molecule has 1 fully saturated rings. The molecule has 1 aliphatic heterocycles. The van der Waals surface area contributed by atoms with Gasteiger partial charge in [-0.05, 0) is 32.0 Å². The van der Waals surface area contributed by atoms with E-state index in [1.165, 1.54) is 0 Å². The van der Waals surface area contributed by atoms with Gasteiger partial charge in [0, 0.05) is 69.4 Å². The molecule has 1 amide bonds. The van der Waals surface area contributed by atoms with Crippen molar-refractivity contribution in [2.24, 2.45) is 5.92 Å². The smallest absolute Gasteiger partial charge is 0.254 e. The molecule has 2 unspecified atom stereocenters. The molecule has 2 atom stereocenters. The molecule has 0 aromatic heterocycles. The Morgan fingerprint density at radius 1 is 1.17 bits per heavy atom. The van der Waals surface area contributed by atoms with Gasteiger partial charge in [-0.25, -0.2) is 0 Å². The maximum atomic E-state index is 13.4. The number of nitrogens with one attached hydrogen (secondary N) is 2. The van der Waals surface area contributed by atoms with E-state index in [9.17, 15) is 4.79 Å². The lowest BCUT2D eigenvalue weighted by molar-refractivity contribution is 0.0667. The first-order valence-electron chi connectivity index (χ1n) is 10.9. The number of carbonyl (C=O) groups excluding carboxylic acids is 1. The van der Waals surface area contributed by atoms with Crippen molar-refractivity contribution in [1.82, 2.24) is 15.5 Å². The summed E-state index contributed by atoms with van der Waals surface area (Å²) in [5.74, 6) is 1.61. The summed E-state index contributed by atoms with van der Waals surface area (Å²) in [6.07, 6.45) is 0.773. The summed E-state index contributed by atoms with van der Waals surface area (Å²) in [4.78, 5) is 15.4. The van der Waals surface area contributed by atoms with Crippen molar-refractivity contribution in [2.75, 3.05) is 47.1 Å². The minimum absolute atomic E-state index is 0.0181. The highest BCUT2D eigenvalue weighted by atomic mass is 16.5. The topological polar surface area (TPSA) is 72.1 Å². The number of benzene rings is 1. The second-order valence-electron chi connectivity index (χ2n) is 8.46. The predicted octanol–water partition coefficient (Wildman–Crippen LogP) is 2.55. The Morgan fingerprint density at radius 2 is 1.93 bits per heavy atom. The molecule has 30 heavy (non-hydrogen) atoms. The van der Waals surface area contributed by atoms with Gasteiger partial charge in [-0.3, -0.25) is 4.79 Å². The second kappa shape index (κ2) is 12.1. The highest BCUT2D eigenvalue weighted by Gasteiger charge is 2.31. The Balaban J connectivity index is 2.14. The summed E-state index contributed by atoms with van der Waals surface area (Å²) in [5, 5.41) is 7.09. The van der Waals surface area contributed by atoms with Gasteiger partial charge in [-0.1, -0.05) is 13.8 Å². The predicted molar refractivity (Wildman–Crippen MR) is 120 cm³/mol. The van der Waals surface area contributed by atoms with Gasteiger partial charge >= 0.3 is 0 Å². The average molecular weight is 422 g/mol. The normalized spacial score (nSPS) is 18.8. The Labute approximate surface area is 181 Å². The largest absolute Gasteiger partial charge is 0.493 e. The van der Waals surface area contributed by atoms with Crippen LogP contribution in [0.3, 0.4) is 0 Å². The zero-order chi connectivity index (χ0) is 22.1. The zero-order valence-electron chi connectivity index (χ0n) is 19.4. The van der Waals surface area contributed by atoms with E-state index in [2.05, 4.69) is 38.3 Å². The third-order valence-electron chi connectivity index (χ3n) is 5.36. The Kier molecular flexibility index (Phi) is 9.88. The van der Waals surface area contributed by atoms with Gasteiger partial charge in [0.2, 0.25) is 0 Å². The summed E-state index contributed by atoms with van der Waals surface area (Å²) in [7, 11) is 3.27. The van der Waals surface area contributed by atoms with Crippen LogP contribution in [0.4, 0.5) is 0 Å². The van der Waals surface area contributed by atoms with Crippen molar-refractivity contribution in [3.8, 4) is 11.5 Å². The van der Waals surface area contributed by atoms with E-state index < -0.39 is 0 Å². The number of amides is 1. The minimum Gasteiger partial charge on any atom is -0.493 e. The number of hydrogen-bond donors (Lipinski definition) is 2. The van der Waals surface area contributed by atoms with Gasteiger partial charge in [-0.15, -0.1) is 0 Å². The van der Waals surface area contributed by atoms with Gasteiger partial charge in [-0.2, -0.15) is 0 Å². The first kappa shape index (κ1) is 24.4. The van der Waals surface area contributed by atoms with Gasteiger partial charge in [0.1, 0.15) is 0 Å². The Morgan fingerprint density at radius 3 is 2.57 bits per heavy atom. The Bertz CT molecular complexity index is 666. The minimum atomic E-state index is 0.0181. The Hall–Kier alpha value is -1.83. The molecule has 170 valence electrons. The van der Waals surface area contributed by atoms with E-state index in [1.807, 2.05) is 11.0 Å². The van der Waals surface area contributed by atoms with Crippen LogP contribution in [-0.2, 0) is 4.74 Å². The number of hydrogen-bond acceptors (Lipinski definition) is 6. The van der Waals surface area contributed by atoms with Crippen LogP contribution in [0.5, 0.6) is 11.5 Å². The molecule has 1 saturated heterocycles. The van der Waals surface area contributed by atoms with E-state index in [0.29, 0.717) is 54.8 Å². The van der Waals surface area contributed by atoms with E-state index >= 15 is 0 Å². The zero-order valence-corrected chi connectivity index (χ0v) is 19.4. The fourth-order valence-corrected chi connectivity index (χ4v) is 3.80. The van der Waals surface area contributed by atoms with Gasteiger partial charge in [0.15, 0.2) is 11.5 Å². The molecule has 2 N–H and O–H groups in total. The molecule has 0 saturated carbocycles. The third-order valence-corrected chi connectivity index (χ3v) is 5.36. The number of carbonyl (C=O) groups is 1. The van der Waals surface area contributed by atoms with E-state index in [1.54, 1.807) is 26.4 Å². The average Bonchev–Trinajstić information content (AvgIpc) is 3.14. The lowest BCUT2D eigenvalue weighted by Gasteiger charge is -2.32. The summed E-state index contributed by atoms with van der Waals surface area (Å²) in [6.45, 7) is 12.1. The molecule has 7 nitrogen and oxygen atoms in total. The molecule has 0 spiro atoms. The van der Waals surface area contributed by atoms with Crippen molar-refractivity contribution < 1.29 is 19.0 Å². The summed E-state index contributed by atoms with van der Waals surface area (Å²) >= 11 is 0. The number of ether oxygens (including phenoxy) is 3. The molecule has 1 aromatic rings. The molecule has 1 aromatic carbocycles. The van der Waals surface area contributed by atoms with Crippen LogP contribution in [0, 0.1) is 5.92 Å². The fourth-order valence-electron chi connectivity index (χ4n) is 3.80. The van der Waals surface area contributed by atoms with Crippen LogP contribution in [0.15, 0.2) is 18.2 Å². The van der Waals surface area contributed by atoms with E-state index in [4.69, 9.17) is 14.2 Å². The number of methoxy groups -OCH3 is 2. The van der Waals surface area contributed by atoms with Crippen LogP contribution >= 0.6 is 0 Å². The fraction of sp³-hybridized carbons (Fsp3) is 0.696. The second-order valence-corrected chi connectivity index (χ2v) is 8.46. The van der Waals surface area contributed by atoms with Gasteiger partial charge < -0.3 is 29.7 Å². The van der Waals surface area contributed by atoms with Crippen molar-refractivity contribution in [1.29, 1.82) is 0 Å². The van der Waals surface area contributed by atoms with Gasteiger partial charge in [0.25, 0.3) is 5.91 Å². The number of nitrogens with zero attached hydrogens (tertiary/aromatic N) is 1. The first-order chi connectivity index (χ1) is 14.4. The van der Waals surface area contributed by atoms with E-state index in [-0.39, 0.29) is 11.9 Å². The molecule has 7 heteroatoms. The van der Waals surface area contributed by atoms with Crippen molar-refractivity contribution in [3.63, 3.8) is 0 Å². The van der Waals surface area contributed by atoms with Gasteiger partial charge in [0.05, 0.1) is 13.7 Å². The summed E-state index contributed by atoms with van der Waals surface area (Å²) in [6, 6.07) is 6.30. The van der Waals surface area contributed by atoms with Crippen LogP contribution in [0.2, 0.25) is 0 Å². The molecule has 0 bridgehead atoms. The van der Waals surface area contributed by atoms with Crippen LogP contribution in [-0.4, -0.2) is 76.0 Å². The standard InChI is InChI=1S/C23H39N3O4/c1-16(2)25-20-14-24-13-19(20)15-26(17(3)4)23(27)18-8-9-21(29-6)22(12-18)30-11-7-10-28-5/h8-9,12,16-17,19-20,24-25H,7,10-11,13-15H2,1-6H3. The van der Waals surface area contributed by atoms with E-state index in [0.717, 1.165) is 19.5 Å². The van der Waals surface area contributed by atoms with Crippen molar-refractivity contribution in [3.05, 3.63) is 23.8 Å². The molecule has 2 rings (SSSR count). The highest BCUT2D eigenvalue weighted by Crippen LogP contribution is 2.29. The van der Waals surface area contributed by atoms with Crippen LogP contribution < -0.4 is 20.1 Å². The maximum Gasteiger partial charge on any atom is 0.254 e. The molecule has 1 heterocycles. The van der Waals surface area contributed by atoms with Crippen molar-refractivity contribution >= 4 is 5.91 Å². The lowest BCUT2D eigenvalue weighted by Crippen LogP contribution is -2.47. The van der Waals surface area contributed by atoms with Crippen LogP contribution in [0.25, 0.3) is 0 Å². The highest BCUT2D eigenvalue weighted by molar-refractivity contribution is 5.95. The van der Waals surface area contributed by atoms with Crippen molar-refractivity contribution in [2.45, 2.75) is 52.2 Å². The van der Waals surface area contributed by atoms with Crippen LogP contribution in [0.1, 0.15) is 44.5 Å². The molecule has 1 aliphatic rings. The molecule has 0 radical (unpaired) electrons. The quantitative estimate of drug-likeness (QED) is 0.506. The molecular formula is C23H39N3O4. The lowest BCUT2D eigenvalue weighted by atomic mass is 10.0. The molecular weight excluding hydrogens is 382 g/mol. The number of rotatable bonds is 12. The third kappa shape index (κ3) is 6.86. The maximum absolute atomic E-state index is 13.4. The summed E-state index contributed by atoms with van der Waals surface area (Å²) < 4.78 is 16.3. The monoisotopic (exact) mass is 421 g/mol. The molecule has 0 aliphatic carbocycles. The SMILES string of the molecule is COCCCOc1cc(C(=O)N(CC2CNCC2NC(C)C)C(C)C)ccc1OC.